The number of hydrogen-bond donors (Lipinski definition) is 0. The highest BCUT2D eigenvalue weighted by molar-refractivity contribution is 5.78. The third-order valence-corrected chi connectivity index (χ3v) is 6.61. The number of aldehydes is 1. The van der Waals surface area contributed by atoms with Gasteiger partial charge in [0.05, 0.1) is 11.4 Å². The van der Waals surface area contributed by atoms with Gasteiger partial charge in [-0.3, -0.25) is 0 Å². The lowest BCUT2D eigenvalue weighted by Crippen LogP contribution is -2.07. The van der Waals surface area contributed by atoms with E-state index in [9.17, 15) is 9.18 Å². The molecule has 1 aliphatic carbocycles. The van der Waals surface area contributed by atoms with Crippen molar-refractivity contribution in [1.29, 1.82) is 0 Å². The molecule has 37 heavy (non-hydrogen) atoms. The van der Waals surface area contributed by atoms with Crippen molar-refractivity contribution in [2.24, 2.45) is 0 Å². The van der Waals surface area contributed by atoms with Gasteiger partial charge in [0.25, 0.3) is 0 Å². The molecule has 7 heteroatoms. The molecule has 0 spiro atoms. The molecule has 4 aromatic rings. The van der Waals surface area contributed by atoms with Gasteiger partial charge in [-0.15, -0.1) is 0 Å². The van der Waals surface area contributed by atoms with Crippen LogP contribution in [-0.4, -0.2) is 27.5 Å². The zero-order chi connectivity index (χ0) is 25.4. The summed E-state index contributed by atoms with van der Waals surface area (Å²) in [4.78, 5) is 16.3. The van der Waals surface area contributed by atoms with Crippen LogP contribution in [0, 0.1) is 24.8 Å². The molecular formula is C30H22FN3O3. The molecule has 0 saturated heterocycles. The van der Waals surface area contributed by atoms with Crippen LogP contribution < -0.4 is 9.47 Å². The van der Waals surface area contributed by atoms with Crippen molar-refractivity contribution in [2.45, 2.75) is 25.7 Å². The van der Waals surface area contributed by atoms with Gasteiger partial charge in [-0.05, 0) is 55.2 Å². The van der Waals surface area contributed by atoms with Crippen LogP contribution in [-0.2, 0) is 11.2 Å². The van der Waals surface area contributed by atoms with Gasteiger partial charge in [0.1, 0.15) is 29.7 Å². The predicted molar refractivity (Wildman–Crippen MR) is 138 cm³/mol. The Balaban J connectivity index is 1.58. The molecule has 2 aliphatic heterocycles. The van der Waals surface area contributed by atoms with E-state index in [2.05, 4.69) is 24.2 Å². The fraction of sp³-hybridized carbons (Fsp3) is 0.167. The van der Waals surface area contributed by atoms with Crippen molar-refractivity contribution in [3.8, 4) is 34.8 Å². The zero-order valence-electron chi connectivity index (χ0n) is 20.1. The van der Waals surface area contributed by atoms with E-state index < -0.39 is 5.82 Å². The molecule has 4 heterocycles. The number of ether oxygens (including phenoxy) is 2. The van der Waals surface area contributed by atoms with Crippen LogP contribution in [0.4, 0.5) is 4.39 Å². The highest BCUT2D eigenvalue weighted by Gasteiger charge is 2.21. The highest BCUT2D eigenvalue weighted by atomic mass is 19.1. The van der Waals surface area contributed by atoms with Crippen LogP contribution in [0.1, 0.15) is 34.9 Å². The molecule has 182 valence electrons. The van der Waals surface area contributed by atoms with Crippen molar-refractivity contribution in [2.75, 3.05) is 6.61 Å². The molecule has 7 rings (SSSR count). The Morgan fingerprint density at radius 1 is 1.19 bits per heavy atom. The van der Waals surface area contributed by atoms with Crippen LogP contribution >= 0.6 is 0 Å². The van der Waals surface area contributed by atoms with Crippen molar-refractivity contribution < 1.29 is 18.7 Å². The summed E-state index contributed by atoms with van der Waals surface area (Å²) < 4.78 is 27.3. The molecular weight excluding hydrogens is 469 g/mol. The van der Waals surface area contributed by atoms with Crippen molar-refractivity contribution >= 4 is 17.5 Å². The average Bonchev–Trinajstić information content (AvgIpc) is 3.33. The summed E-state index contributed by atoms with van der Waals surface area (Å²) in [5.41, 5.74) is 6.52. The molecule has 2 aromatic heterocycles. The minimum Gasteiger partial charge on any atom is -0.481 e. The minimum absolute atomic E-state index is 0.0519. The highest BCUT2D eigenvalue weighted by Crippen LogP contribution is 2.37. The summed E-state index contributed by atoms with van der Waals surface area (Å²) in [6, 6.07) is 14.0. The summed E-state index contributed by atoms with van der Waals surface area (Å²) >= 11 is 0. The fourth-order valence-corrected chi connectivity index (χ4v) is 4.84. The summed E-state index contributed by atoms with van der Waals surface area (Å²) in [6.45, 7) is 2.02. The molecule has 0 saturated carbocycles. The number of allylic oxidation sites excluding steroid dienone is 4. The number of nitrogens with zero attached hydrogens (tertiary/aromatic N) is 3. The van der Waals surface area contributed by atoms with Gasteiger partial charge in [0.15, 0.2) is 12.3 Å². The van der Waals surface area contributed by atoms with Crippen molar-refractivity contribution in [3.63, 3.8) is 0 Å². The lowest BCUT2D eigenvalue weighted by Gasteiger charge is -2.18. The second kappa shape index (κ2) is 9.40. The van der Waals surface area contributed by atoms with E-state index in [1.54, 1.807) is 10.6 Å². The lowest BCUT2D eigenvalue weighted by atomic mass is 9.88. The summed E-state index contributed by atoms with van der Waals surface area (Å²) in [6.07, 6.45) is 10.7. The number of aromatic nitrogens is 3. The normalized spacial score (nSPS) is 16.1. The Bertz CT molecular complexity index is 1660. The first-order valence-corrected chi connectivity index (χ1v) is 12.0. The van der Waals surface area contributed by atoms with Gasteiger partial charge >= 0.3 is 0 Å². The topological polar surface area (TPSA) is 65.7 Å². The lowest BCUT2D eigenvalue weighted by molar-refractivity contribution is -0.107. The van der Waals surface area contributed by atoms with Crippen molar-refractivity contribution in [3.05, 3.63) is 95.1 Å². The maximum Gasteiger partial charge on any atom is 0.156 e. The first kappa shape index (κ1) is 22.7. The SMILES string of the molecule is Cc1nc2cc3nn2c(c1CC=O)-c1ccc(cc1)OCC#COc1cc(F)ccc1C1C=C3C=CC1. The van der Waals surface area contributed by atoms with Gasteiger partial charge < -0.3 is 14.3 Å². The molecule has 1 unspecified atom stereocenters. The number of rotatable bonds is 2. The Morgan fingerprint density at radius 3 is 2.89 bits per heavy atom. The first-order chi connectivity index (χ1) is 18.1. The number of benzene rings is 2. The van der Waals surface area contributed by atoms with Crippen LogP contribution in [0.3, 0.4) is 0 Å². The number of hydrogen-bond acceptors (Lipinski definition) is 5. The zero-order valence-corrected chi connectivity index (χ0v) is 20.1. The molecule has 0 amide bonds. The van der Waals surface area contributed by atoms with Gasteiger partial charge in [-0.2, -0.15) is 5.10 Å². The van der Waals surface area contributed by atoms with Crippen LogP contribution in [0.25, 0.3) is 22.5 Å². The third-order valence-electron chi connectivity index (χ3n) is 6.61. The number of aryl methyl sites for hydroxylation is 1. The summed E-state index contributed by atoms with van der Waals surface area (Å²) in [5, 5.41) is 4.93. The van der Waals surface area contributed by atoms with Gasteiger partial charge in [0, 0.05) is 46.9 Å². The third kappa shape index (κ3) is 4.27. The average molecular weight is 492 g/mol. The molecule has 0 fully saturated rings. The Kier molecular flexibility index (Phi) is 5.78. The van der Waals surface area contributed by atoms with Crippen molar-refractivity contribution in [1.82, 2.24) is 14.6 Å². The molecule has 2 aromatic carbocycles. The van der Waals surface area contributed by atoms with Crippen LogP contribution in [0.5, 0.6) is 11.5 Å². The number of halogens is 1. The van der Waals surface area contributed by atoms with E-state index in [0.29, 0.717) is 17.1 Å². The second-order valence-electron chi connectivity index (χ2n) is 8.94. The molecule has 0 N–H and O–H groups in total. The molecule has 0 radical (unpaired) electrons. The number of carbonyl (C=O) groups is 1. The molecule has 3 aliphatic rings. The fourth-order valence-electron chi connectivity index (χ4n) is 4.84. The number of fused-ring (bicyclic) bond motifs is 5. The molecule has 6 bridgehead atoms. The predicted octanol–water partition coefficient (Wildman–Crippen LogP) is 5.44. The van der Waals surface area contributed by atoms with Gasteiger partial charge in [-0.1, -0.05) is 24.3 Å². The van der Waals surface area contributed by atoms with Crippen LogP contribution in [0.2, 0.25) is 0 Å². The maximum absolute atomic E-state index is 14.1. The van der Waals surface area contributed by atoms with E-state index in [0.717, 1.165) is 52.1 Å². The minimum atomic E-state index is -0.393. The smallest absolute Gasteiger partial charge is 0.156 e. The molecule has 1 atom stereocenters. The summed E-state index contributed by atoms with van der Waals surface area (Å²) in [5.74, 6) is 3.40. The Morgan fingerprint density at radius 2 is 2.05 bits per heavy atom. The van der Waals surface area contributed by atoms with E-state index in [1.165, 1.54) is 12.1 Å². The maximum atomic E-state index is 14.1. The monoisotopic (exact) mass is 491 g/mol. The summed E-state index contributed by atoms with van der Waals surface area (Å²) in [7, 11) is 0. The Labute approximate surface area is 213 Å². The van der Waals surface area contributed by atoms with Gasteiger partial charge in [0.2, 0.25) is 0 Å². The van der Waals surface area contributed by atoms with Gasteiger partial charge in [-0.25, -0.2) is 13.9 Å². The largest absolute Gasteiger partial charge is 0.481 e. The second-order valence-corrected chi connectivity index (χ2v) is 8.94. The van der Waals surface area contributed by atoms with Crippen LogP contribution in [0.15, 0.2) is 66.8 Å². The first-order valence-electron chi connectivity index (χ1n) is 12.0. The Hall–Kier alpha value is -4.70. The van der Waals surface area contributed by atoms with E-state index in [1.807, 2.05) is 43.3 Å². The quantitative estimate of drug-likeness (QED) is 0.276. The van der Waals surface area contributed by atoms with E-state index >= 15 is 0 Å². The standard InChI is InChI=1S/C30H22FN3O3/c1-19-25(12-13-35)30-20-6-9-24(10-7-20)36-14-3-15-37-28-17-23(31)8-11-26(28)21-4-2-5-22(16-21)27-18-29(32-19)34(30)33-27/h2,5-11,13,16-18,21H,4,12,14H2,1H3. The van der Waals surface area contributed by atoms with E-state index in [4.69, 9.17) is 19.6 Å². The molecule has 6 nitrogen and oxygen atoms in total. The number of carbonyl (C=O) groups excluding carboxylic acids is 1. The van der Waals surface area contributed by atoms with E-state index in [-0.39, 0.29) is 18.9 Å².